The summed E-state index contributed by atoms with van der Waals surface area (Å²) in [4.78, 5) is 0. The van der Waals surface area contributed by atoms with Gasteiger partial charge in [0.05, 0.1) is 0 Å². The van der Waals surface area contributed by atoms with E-state index in [1.807, 2.05) is 0 Å². The first-order valence-electron chi connectivity index (χ1n) is 10.5. The highest BCUT2D eigenvalue weighted by molar-refractivity contribution is 5.07. The van der Waals surface area contributed by atoms with Gasteiger partial charge in [0.15, 0.2) is 0 Å². The summed E-state index contributed by atoms with van der Waals surface area (Å²) in [5.74, 6) is 0.723. The number of hydrogen-bond donors (Lipinski definition) is 0. The van der Waals surface area contributed by atoms with Crippen LogP contribution in [0.25, 0.3) is 0 Å². The molecule has 0 aromatic rings. The summed E-state index contributed by atoms with van der Waals surface area (Å²) in [6.07, 6.45) is 16.4. The second kappa shape index (κ2) is 9.83. The van der Waals surface area contributed by atoms with E-state index >= 15 is 0 Å². The van der Waals surface area contributed by atoms with Crippen molar-refractivity contribution < 1.29 is 0 Å². The summed E-state index contributed by atoms with van der Waals surface area (Å²) in [6.45, 7) is 20.6. The lowest BCUT2D eigenvalue weighted by Crippen LogP contribution is -2.26. The lowest BCUT2D eigenvalue weighted by Gasteiger charge is -2.38. The molecule has 0 aromatic carbocycles. The van der Waals surface area contributed by atoms with Gasteiger partial charge in [-0.05, 0) is 55.8 Å². The van der Waals surface area contributed by atoms with E-state index in [-0.39, 0.29) is 5.41 Å². The highest BCUT2D eigenvalue weighted by Gasteiger charge is 2.32. The Balaban J connectivity index is 2.70. The van der Waals surface area contributed by atoms with Crippen LogP contribution in [0.4, 0.5) is 0 Å². The molecule has 0 nitrogen and oxygen atoms in total. The monoisotopic (exact) mass is 332 g/mol. The predicted octanol–water partition coefficient (Wildman–Crippen LogP) is 8.48. The van der Waals surface area contributed by atoms with Crippen LogP contribution in [-0.2, 0) is 0 Å². The van der Waals surface area contributed by atoms with Crippen LogP contribution in [0.5, 0.6) is 0 Å². The normalized spacial score (nSPS) is 22.5. The van der Waals surface area contributed by atoms with Gasteiger partial charge in [-0.3, -0.25) is 0 Å². The molecule has 140 valence electrons. The average molecular weight is 333 g/mol. The van der Waals surface area contributed by atoms with Gasteiger partial charge in [0.1, 0.15) is 0 Å². The van der Waals surface area contributed by atoms with Gasteiger partial charge >= 0.3 is 0 Å². The van der Waals surface area contributed by atoms with Crippen molar-refractivity contribution in [2.24, 2.45) is 16.7 Å². The molecule has 1 unspecified atom stereocenters. The van der Waals surface area contributed by atoms with E-state index < -0.39 is 0 Å². The Labute approximate surface area is 153 Å². The Hall–Kier alpha value is -0.520. The molecule has 1 fully saturated rings. The van der Waals surface area contributed by atoms with E-state index in [1.54, 1.807) is 0 Å². The van der Waals surface area contributed by atoms with Crippen molar-refractivity contribution in [2.75, 3.05) is 0 Å². The van der Waals surface area contributed by atoms with Crippen molar-refractivity contribution in [2.45, 2.75) is 112 Å². The summed E-state index contributed by atoms with van der Waals surface area (Å²) in [5.41, 5.74) is 3.44. The average Bonchev–Trinajstić information content (AvgIpc) is 2.44. The van der Waals surface area contributed by atoms with Gasteiger partial charge in [-0.1, -0.05) is 96.9 Å². The van der Waals surface area contributed by atoms with Gasteiger partial charge in [0.2, 0.25) is 0 Å². The molecule has 24 heavy (non-hydrogen) atoms. The third kappa shape index (κ3) is 8.04. The zero-order valence-corrected chi connectivity index (χ0v) is 17.5. The molecule has 1 saturated carbocycles. The Morgan fingerprint density at radius 1 is 0.917 bits per heavy atom. The zero-order chi connectivity index (χ0) is 18.2. The Morgan fingerprint density at radius 3 is 1.96 bits per heavy atom. The van der Waals surface area contributed by atoms with E-state index in [0.29, 0.717) is 5.41 Å². The minimum absolute atomic E-state index is 0.232. The Kier molecular flexibility index (Phi) is 8.82. The third-order valence-corrected chi connectivity index (χ3v) is 6.25. The van der Waals surface area contributed by atoms with Crippen molar-refractivity contribution in [3.05, 3.63) is 24.3 Å². The van der Waals surface area contributed by atoms with E-state index in [1.165, 1.54) is 88.2 Å². The van der Waals surface area contributed by atoms with Gasteiger partial charge in [-0.25, -0.2) is 0 Å². The van der Waals surface area contributed by atoms with Crippen molar-refractivity contribution in [3.63, 3.8) is 0 Å². The molecule has 0 spiro atoms. The Morgan fingerprint density at radius 2 is 1.42 bits per heavy atom. The topological polar surface area (TPSA) is 0 Å². The smallest absolute Gasteiger partial charge is 0.0145 e. The number of hydrogen-bond acceptors (Lipinski definition) is 0. The van der Waals surface area contributed by atoms with Crippen LogP contribution in [0.15, 0.2) is 24.3 Å². The Bertz CT molecular complexity index is 396. The SMILES string of the molecule is C=C1CCCCCCCCCCC1CC(C)(C)CC(C)(C)C(=C)C. The van der Waals surface area contributed by atoms with Crippen LogP contribution in [-0.4, -0.2) is 0 Å². The largest absolute Gasteiger partial charge is 0.0996 e. The molecule has 0 saturated heterocycles. The van der Waals surface area contributed by atoms with E-state index in [9.17, 15) is 0 Å². The van der Waals surface area contributed by atoms with Gasteiger partial charge < -0.3 is 0 Å². The zero-order valence-electron chi connectivity index (χ0n) is 17.5. The van der Waals surface area contributed by atoms with E-state index in [2.05, 4.69) is 47.8 Å². The molecule has 0 radical (unpaired) electrons. The second-order valence-electron chi connectivity index (χ2n) is 9.93. The molecule has 1 rings (SSSR count). The van der Waals surface area contributed by atoms with Crippen LogP contribution in [0.2, 0.25) is 0 Å². The van der Waals surface area contributed by atoms with Crippen LogP contribution < -0.4 is 0 Å². The molecule has 1 aliphatic rings. The van der Waals surface area contributed by atoms with Crippen LogP contribution in [0.1, 0.15) is 112 Å². The maximum Gasteiger partial charge on any atom is -0.0145 e. The molecule has 1 atom stereocenters. The summed E-state index contributed by atoms with van der Waals surface area (Å²) in [7, 11) is 0. The first kappa shape index (κ1) is 21.5. The standard InChI is InChI=1S/C24H44/c1-20(2)24(6,7)19-23(4,5)18-22-17-15-13-11-9-8-10-12-14-16-21(22)3/h22H,1,3,8-19H2,2,4-7H3. The molecule has 0 heterocycles. The lowest BCUT2D eigenvalue weighted by molar-refractivity contribution is 0.184. The molecular formula is C24H44. The molecule has 0 bridgehead atoms. The van der Waals surface area contributed by atoms with E-state index in [4.69, 9.17) is 0 Å². The van der Waals surface area contributed by atoms with E-state index in [0.717, 1.165) is 5.92 Å². The van der Waals surface area contributed by atoms with Gasteiger partial charge in [-0.2, -0.15) is 0 Å². The van der Waals surface area contributed by atoms with Crippen LogP contribution in [0, 0.1) is 16.7 Å². The van der Waals surface area contributed by atoms with Crippen molar-refractivity contribution >= 4 is 0 Å². The highest BCUT2D eigenvalue weighted by atomic mass is 14.4. The second-order valence-corrected chi connectivity index (χ2v) is 9.93. The van der Waals surface area contributed by atoms with Gasteiger partial charge in [0, 0.05) is 0 Å². The predicted molar refractivity (Wildman–Crippen MR) is 110 cm³/mol. The fourth-order valence-corrected chi connectivity index (χ4v) is 4.54. The quantitative estimate of drug-likeness (QED) is 0.443. The fourth-order valence-electron chi connectivity index (χ4n) is 4.54. The number of allylic oxidation sites excluding steroid dienone is 2. The molecule has 0 N–H and O–H groups in total. The molecular weight excluding hydrogens is 288 g/mol. The first-order valence-corrected chi connectivity index (χ1v) is 10.5. The molecule has 1 aliphatic carbocycles. The molecule has 0 aromatic heterocycles. The van der Waals surface area contributed by atoms with Gasteiger partial charge in [0.25, 0.3) is 0 Å². The first-order chi connectivity index (χ1) is 11.1. The lowest BCUT2D eigenvalue weighted by atomic mass is 9.67. The van der Waals surface area contributed by atoms with Gasteiger partial charge in [-0.15, -0.1) is 0 Å². The molecule has 0 aliphatic heterocycles. The summed E-state index contributed by atoms with van der Waals surface area (Å²) >= 11 is 0. The molecule has 0 amide bonds. The minimum Gasteiger partial charge on any atom is -0.0996 e. The maximum atomic E-state index is 4.52. The van der Waals surface area contributed by atoms with Crippen molar-refractivity contribution in [3.8, 4) is 0 Å². The van der Waals surface area contributed by atoms with Crippen LogP contribution >= 0.6 is 0 Å². The summed E-state index contributed by atoms with van der Waals surface area (Å²) < 4.78 is 0. The van der Waals surface area contributed by atoms with Crippen molar-refractivity contribution in [1.82, 2.24) is 0 Å². The fraction of sp³-hybridized carbons (Fsp3) is 0.833. The third-order valence-electron chi connectivity index (χ3n) is 6.25. The number of rotatable bonds is 5. The molecule has 0 heteroatoms. The summed E-state index contributed by atoms with van der Waals surface area (Å²) in [6, 6.07) is 0. The van der Waals surface area contributed by atoms with Crippen molar-refractivity contribution in [1.29, 1.82) is 0 Å². The van der Waals surface area contributed by atoms with Crippen LogP contribution in [0.3, 0.4) is 0 Å². The maximum absolute atomic E-state index is 4.52. The highest BCUT2D eigenvalue weighted by Crippen LogP contribution is 2.44. The minimum atomic E-state index is 0.232. The summed E-state index contributed by atoms with van der Waals surface area (Å²) in [5, 5.41) is 0.